The zero-order valence-electron chi connectivity index (χ0n) is 46.0. The van der Waals surface area contributed by atoms with Gasteiger partial charge in [0.1, 0.15) is 5.57 Å². The van der Waals surface area contributed by atoms with E-state index in [0.29, 0.717) is 5.57 Å². The number of rotatable bonds is 51. The molecule has 2 unspecified atom stereocenters. The molecule has 66 heavy (non-hydrogen) atoms. The van der Waals surface area contributed by atoms with Crippen molar-refractivity contribution in [1.29, 1.82) is 0 Å². The van der Waals surface area contributed by atoms with E-state index in [-0.39, 0.29) is 46.5 Å². The molecule has 0 aliphatic carbocycles. The van der Waals surface area contributed by atoms with E-state index in [4.69, 9.17) is 5.73 Å². The summed E-state index contributed by atoms with van der Waals surface area (Å²) >= 11 is 0. The Bertz CT molecular complexity index is 1000. The van der Waals surface area contributed by atoms with Crippen molar-refractivity contribution in [2.45, 2.75) is 361 Å². The zero-order valence-corrected chi connectivity index (χ0v) is 47.7. The fourth-order valence-corrected chi connectivity index (χ4v) is 9.72. The average molecular weight is 996 g/mol. The molecule has 5 nitrogen and oxygen atoms in total. The van der Waals surface area contributed by atoms with Gasteiger partial charge in [-0.3, -0.25) is 9.59 Å². The summed E-state index contributed by atoms with van der Waals surface area (Å²) < 4.78 is 0. The van der Waals surface area contributed by atoms with Gasteiger partial charge in [-0.05, 0) is 52.0 Å². The molecule has 0 saturated heterocycles. The molecule has 0 aliphatic heterocycles. The van der Waals surface area contributed by atoms with Gasteiger partial charge in [-0.25, -0.2) is 0 Å². The molecule has 6 heteroatoms. The number of halogens is 1. The zero-order chi connectivity index (χ0) is 47.9. The van der Waals surface area contributed by atoms with Crippen molar-refractivity contribution in [1.82, 2.24) is 10.6 Å². The van der Waals surface area contributed by atoms with Crippen LogP contribution in [0.1, 0.15) is 344 Å². The van der Waals surface area contributed by atoms with Gasteiger partial charge >= 0.3 is 0 Å². The first-order chi connectivity index (χ1) is 31.6. The van der Waals surface area contributed by atoms with Crippen LogP contribution in [0.25, 0.3) is 0 Å². The minimum Gasteiger partial charge on any atom is -0.349 e. The standard InChI is InChI=1S/C60H119N3O2.BrH/c1-8-12-16-20-24-28-32-36-40-44-48-52-55(50-46-42-38-34-30-26-22-18-14-10-3)62-58(64)57(54(5)60(6,7)61)59(65)63-56(51-47-43-39-35-31-27-23-19-15-11-4)53-49-45-41-37-33-29-25-21-17-13-9-2;/h55-56H,8-53,61H2,1-7H3,(H,62,64)(H,63,65);1H. The van der Waals surface area contributed by atoms with Crippen molar-refractivity contribution < 1.29 is 9.59 Å². The van der Waals surface area contributed by atoms with Crippen molar-refractivity contribution >= 4 is 28.8 Å². The van der Waals surface area contributed by atoms with E-state index in [0.717, 1.165) is 51.4 Å². The maximum atomic E-state index is 14.5. The van der Waals surface area contributed by atoms with Gasteiger partial charge in [0.15, 0.2) is 0 Å². The van der Waals surface area contributed by atoms with Crippen molar-refractivity contribution in [3.05, 3.63) is 11.1 Å². The highest BCUT2D eigenvalue weighted by molar-refractivity contribution is 8.93. The van der Waals surface area contributed by atoms with Gasteiger partial charge in [0.25, 0.3) is 11.8 Å². The smallest absolute Gasteiger partial charge is 0.257 e. The van der Waals surface area contributed by atoms with Gasteiger partial charge in [-0.2, -0.15) is 0 Å². The molecule has 0 aromatic carbocycles. The minimum atomic E-state index is -0.770. The normalized spacial score (nSPS) is 12.5. The van der Waals surface area contributed by atoms with Gasteiger partial charge < -0.3 is 16.4 Å². The molecule has 0 aromatic rings. The van der Waals surface area contributed by atoms with Gasteiger partial charge in [0.2, 0.25) is 0 Å². The Morgan fingerprint density at radius 3 is 0.682 bits per heavy atom. The molecule has 0 saturated carbocycles. The molecule has 2 atom stereocenters. The molecule has 0 fully saturated rings. The lowest BCUT2D eigenvalue weighted by Crippen LogP contribution is -2.46. The van der Waals surface area contributed by atoms with Crippen molar-refractivity contribution in [3.63, 3.8) is 0 Å². The Morgan fingerprint density at radius 1 is 0.348 bits per heavy atom. The number of carbonyl (C=O) groups excluding carboxylic acids is 2. The second-order valence-corrected chi connectivity index (χ2v) is 21.7. The Labute approximate surface area is 425 Å². The van der Waals surface area contributed by atoms with Gasteiger partial charge in [-0.1, -0.05) is 297 Å². The molecule has 0 rings (SSSR count). The van der Waals surface area contributed by atoms with Crippen LogP contribution in [-0.2, 0) is 9.59 Å². The Kier molecular flexibility index (Phi) is 51.4. The van der Waals surface area contributed by atoms with E-state index in [2.05, 4.69) is 38.3 Å². The number of amides is 2. The molecule has 394 valence electrons. The summed E-state index contributed by atoms with van der Waals surface area (Å²) in [5, 5.41) is 6.91. The average Bonchev–Trinajstić information content (AvgIpc) is 3.28. The van der Waals surface area contributed by atoms with Crippen LogP contribution in [0.5, 0.6) is 0 Å². The largest absolute Gasteiger partial charge is 0.349 e. The van der Waals surface area contributed by atoms with E-state index in [9.17, 15) is 9.59 Å². The summed E-state index contributed by atoms with van der Waals surface area (Å²) in [6.45, 7) is 14.9. The number of hydrogen-bond donors (Lipinski definition) is 3. The Balaban J connectivity index is 0. The minimum absolute atomic E-state index is 0. The van der Waals surface area contributed by atoms with Crippen LogP contribution in [0.4, 0.5) is 0 Å². The van der Waals surface area contributed by atoms with Crippen LogP contribution in [-0.4, -0.2) is 29.4 Å². The Morgan fingerprint density at radius 2 is 0.515 bits per heavy atom. The number of unbranched alkanes of at least 4 members (excludes halogenated alkanes) is 38. The van der Waals surface area contributed by atoms with Crippen LogP contribution in [0.3, 0.4) is 0 Å². The quantitative estimate of drug-likeness (QED) is 0.0246. The van der Waals surface area contributed by atoms with E-state index >= 15 is 0 Å². The predicted octanol–water partition coefficient (Wildman–Crippen LogP) is 19.6. The third-order valence-corrected chi connectivity index (χ3v) is 14.6. The first-order valence-electron chi connectivity index (χ1n) is 29.7. The van der Waals surface area contributed by atoms with E-state index in [1.54, 1.807) is 0 Å². The number of nitrogens with one attached hydrogen (secondary N) is 2. The Hall–Kier alpha value is -0.880. The third kappa shape index (κ3) is 43.2. The van der Waals surface area contributed by atoms with E-state index in [1.807, 2.05) is 20.8 Å². The summed E-state index contributed by atoms with van der Waals surface area (Å²) in [4.78, 5) is 28.9. The summed E-state index contributed by atoms with van der Waals surface area (Å²) in [5.74, 6) is -0.433. The van der Waals surface area contributed by atoms with Crippen LogP contribution >= 0.6 is 17.0 Å². The lowest BCUT2D eigenvalue weighted by atomic mass is 9.90. The van der Waals surface area contributed by atoms with Crippen LogP contribution in [0.15, 0.2) is 11.1 Å². The number of nitrogens with two attached hydrogens (primary N) is 1. The molecular formula is C60H120BrN3O2. The third-order valence-electron chi connectivity index (χ3n) is 14.6. The molecule has 0 bridgehead atoms. The molecular weight excluding hydrogens is 875 g/mol. The molecule has 0 radical (unpaired) electrons. The van der Waals surface area contributed by atoms with Crippen molar-refractivity contribution in [2.24, 2.45) is 5.73 Å². The molecule has 0 heterocycles. The lowest BCUT2D eigenvalue weighted by Gasteiger charge is -2.27. The van der Waals surface area contributed by atoms with Crippen molar-refractivity contribution in [2.75, 3.05) is 0 Å². The van der Waals surface area contributed by atoms with Crippen LogP contribution in [0.2, 0.25) is 0 Å². The van der Waals surface area contributed by atoms with Crippen LogP contribution in [0, 0.1) is 0 Å². The van der Waals surface area contributed by atoms with Gasteiger partial charge in [-0.15, -0.1) is 17.0 Å². The molecule has 4 N–H and O–H groups in total. The second-order valence-electron chi connectivity index (χ2n) is 21.7. The molecule has 0 aliphatic rings. The van der Waals surface area contributed by atoms with Crippen molar-refractivity contribution in [3.8, 4) is 0 Å². The van der Waals surface area contributed by atoms with Gasteiger partial charge in [0.05, 0.1) is 0 Å². The first-order valence-corrected chi connectivity index (χ1v) is 29.7. The highest BCUT2D eigenvalue weighted by Gasteiger charge is 2.30. The fourth-order valence-electron chi connectivity index (χ4n) is 9.72. The highest BCUT2D eigenvalue weighted by atomic mass is 79.9. The maximum Gasteiger partial charge on any atom is 0.257 e. The topological polar surface area (TPSA) is 84.2 Å². The SMILES string of the molecule is Br.CCCCCCCCCCCCCC(CCCCCCCCCCCC)NC(=O)C(C(=O)NC(CCCCCCCCCCCC)CCCCCCCCCCCCC)=C(C)C(C)(C)N. The summed E-state index contributed by atoms with van der Waals surface area (Å²) in [6, 6.07) is 0.177. The second kappa shape index (κ2) is 50.5. The molecule has 0 spiro atoms. The van der Waals surface area contributed by atoms with Crippen LogP contribution < -0.4 is 16.4 Å². The molecule has 0 aromatic heterocycles. The monoisotopic (exact) mass is 994 g/mol. The maximum absolute atomic E-state index is 14.5. The number of carbonyl (C=O) groups is 2. The fraction of sp³-hybridized carbons (Fsp3) is 0.933. The lowest BCUT2D eigenvalue weighted by molar-refractivity contribution is -0.124. The van der Waals surface area contributed by atoms with E-state index < -0.39 is 5.54 Å². The summed E-state index contributed by atoms with van der Waals surface area (Å²) in [6.07, 6.45) is 59.2. The van der Waals surface area contributed by atoms with E-state index in [1.165, 1.54) is 244 Å². The molecule has 2 amide bonds. The summed E-state index contributed by atoms with van der Waals surface area (Å²) in [5.41, 5.74) is 6.88. The highest BCUT2D eigenvalue weighted by Crippen LogP contribution is 2.22. The van der Waals surface area contributed by atoms with Gasteiger partial charge in [0, 0.05) is 17.6 Å². The summed E-state index contributed by atoms with van der Waals surface area (Å²) in [7, 11) is 0. The number of hydrogen-bond acceptors (Lipinski definition) is 3. The first kappa shape index (κ1) is 67.2. The predicted molar refractivity (Wildman–Crippen MR) is 300 cm³/mol.